The Morgan fingerprint density at radius 2 is 2.00 bits per heavy atom. The Balaban J connectivity index is 2.04. The van der Waals surface area contributed by atoms with E-state index in [1.165, 1.54) is 0 Å². The van der Waals surface area contributed by atoms with Crippen molar-refractivity contribution in [2.24, 2.45) is 17.3 Å². The summed E-state index contributed by atoms with van der Waals surface area (Å²) in [7, 11) is 0. The number of carboxylic acids is 1. The number of carbonyl (C=O) groups excluding carboxylic acids is 1. The molecule has 1 aliphatic heterocycles. The third-order valence-corrected chi connectivity index (χ3v) is 4.66. The first-order chi connectivity index (χ1) is 9.41. The molecule has 1 aliphatic carbocycles. The van der Waals surface area contributed by atoms with E-state index >= 15 is 0 Å². The van der Waals surface area contributed by atoms with E-state index in [1.54, 1.807) is 4.90 Å². The van der Waals surface area contributed by atoms with Crippen molar-refractivity contribution in [1.29, 1.82) is 0 Å². The Kier molecular flexibility index (Phi) is 4.68. The zero-order chi connectivity index (χ0) is 14.8. The lowest BCUT2D eigenvalue weighted by Gasteiger charge is -2.39. The number of amides is 1. The minimum Gasteiger partial charge on any atom is -0.480 e. The predicted octanol–water partition coefficient (Wildman–Crippen LogP) is 1.34. The summed E-state index contributed by atoms with van der Waals surface area (Å²) in [6, 6.07) is 0. The average Bonchev–Trinajstić information content (AvgIpc) is 3.21. The molecule has 1 atom stereocenters. The Labute approximate surface area is 120 Å². The summed E-state index contributed by atoms with van der Waals surface area (Å²) >= 11 is 0. The standard InChI is InChI=1S/C15H26N2O3/c1-15(2,12-4-3-7-16-8-12)14(20)17(10-13(18)19)9-11-5-6-11/h11-12,16H,3-10H2,1-2H3,(H,18,19). The number of rotatable bonds is 6. The molecule has 2 aliphatic rings. The topological polar surface area (TPSA) is 69.6 Å². The monoisotopic (exact) mass is 282 g/mol. The van der Waals surface area contributed by atoms with Crippen LogP contribution >= 0.6 is 0 Å². The summed E-state index contributed by atoms with van der Waals surface area (Å²) in [5.41, 5.74) is -0.488. The molecule has 2 rings (SSSR count). The van der Waals surface area contributed by atoms with E-state index in [0.717, 1.165) is 38.8 Å². The van der Waals surface area contributed by atoms with Crippen molar-refractivity contribution in [1.82, 2.24) is 10.2 Å². The highest BCUT2D eigenvalue weighted by Crippen LogP contribution is 2.36. The van der Waals surface area contributed by atoms with Gasteiger partial charge in [0.25, 0.3) is 0 Å². The second kappa shape index (κ2) is 6.12. The van der Waals surface area contributed by atoms with E-state index in [2.05, 4.69) is 5.32 Å². The number of hydrogen-bond acceptors (Lipinski definition) is 3. The number of piperidine rings is 1. The van der Waals surface area contributed by atoms with E-state index in [9.17, 15) is 9.59 Å². The van der Waals surface area contributed by atoms with Crippen LogP contribution in [-0.2, 0) is 9.59 Å². The maximum Gasteiger partial charge on any atom is 0.323 e. The van der Waals surface area contributed by atoms with E-state index in [-0.39, 0.29) is 12.5 Å². The normalized spacial score (nSPS) is 23.4. The fraction of sp³-hybridized carbons (Fsp3) is 0.867. The Bertz CT molecular complexity index is 371. The number of hydrogen-bond donors (Lipinski definition) is 2. The molecule has 0 aromatic rings. The summed E-state index contributed by atoms with van der Waals surface area (Å²) in [5, 5.41) is 12.4. The van der Waals surface area contributed by atoms with Gasteiger partial charge >= 0.3 is 5.97 Å². The second-order valence-electron chi connectivity index (χ2n) is 6.79. The number of nitrogens with one attached hydrogen (secondary N) is 1. The van der Waals surface area contributed by atoms with Gasteiger partial charge in [0.2, 0.25) is 5.91 Å². The second-order valence-corrected chi connectivity index (χ2v) is 6.79. The van der Waals surface area contributed by atoms with Gasteiger partial charge in [0.1, 0.15) is 6.54 Å². The van der Waals surface area contributed by atoms with Crippen LogP contribution in [0.1, 0.15) is 39.5 Å². The van der Waals surface area contributed by atoms with Crippen LogP contribution in [0.15, 0.2) is 0 Å². The first-order valence-corrected chi connectivity index (χ1v) is 7.63. The van der Waals surface area contributed by atoms with Gasteiger partial charge in [0, 0.05) is 12.0 Å². The lowest BCUT2D eigenvalue weighted by atomic mass is 9.74. The molecule has 1 saturated carbocycles. The molecule has 20 heavy (non-hydrogen) atoms. The molecule has 2 N–H and O–H groups in total. The Morgan fingerprint density at radius 1 is 1.30 bits per heavy atom. The molecule has 5 heteroatoms. The van der Waals surface area contributed by atoms with Crippen molar-refractivity contribution in [2.75, 3.05) is 26.2 Å². The average molecular weight is 282 g/mol. The van der Waals surface area contributed by atoms with E-state index in [4.69, 9.17) is 5.11 Å². The molecule has 2 fully saturated rings. The molecule has 1 unspecified atom stereocenters. The van der Waals surface area contributed by atoms with Crippen molar-refractivity contribution < 1.29 is 14.7 Å². The van der Waals surface area contributed by atoms with Crippen LogP contribution in [0.3, 0.4) is 0 Å². The minimum absolute atomic E-state index is 0.000463. The summed E-state index contributed by atoms with van der Waals surface area (Å²) in [6.07, 6.45) is 4.36. The van der Waals surface area contributed by atoms with Crippen molar-refractivity contribution in [3.8, 4) is 0 Å². The molecule has 0 spiro atoms. The molecular formula is C15H26N2O3. The van der Waals surface area contributed by atoms with Crippen LogP contribution in [0.2, 0.25) is 0 Å². The first-order valence-electron chi connectivity index (χ1n) is 7.63. The van der Waals surface area contributed by atoms with E-state index < -0.39 is 11.4 Å². The largest absolute Gasteiger partial charge is 0.480 e. The van der Waals surface area contributed by atoms with Crippen molar-refractivity contribution in [2.45, 2.75) is 39.5 Å². The smallest absolute Gasteiger partial charge is 0.323 e. The third-order valence-electron chi connectivity index (χ3n) is 4.66. The fourth-order valence-corrected chi connectivity index (χ4v) is 3.04. The van der Waals surface area contributed by atoms with Gasteiger partial charge in [-0.3, -0.25) is 9.59 Å². The van der Waals surface area contributed by atoms with Crippen LogP contribution in [0, 0.1) is 17.3 Å². The summed E-state index contributed by atoms with van der Waals surface area (Å²) < 4.78 is 0. The zero-order valence-corrected chi connectivity index (χ0v) is 12.5. The minimum atomic E-state index is -0.920. The third kappa shape index (κ3) is 3.72. The van der Waals surface area contributed by atoms with Gasteiger partial charge in [0.15, 0.2) is 0 Å². The van der Waals surface area contributed by atoms with E-state index in [0.29, 0.717) is 18.4 Å². The van der Waals surface area contributed by atoms with E-state index in [1.807, 2.05) is 13.8 Å². The molecule has 1 heterocycles. The molecule has 1 saturated heterocycles. The fourth-order valence-electron chi connectivity index (χ4n) is 3.04. The van der Waals surface area contributed by atoms with Crippen molar-refractivity contribution in [3.63, 3.8) is 0 Å². The van der Waals surface area contributed by atoms with Gasteiger partial charge in [-0.25, -0.2) is 0 Å². The van der Waals surface area contributed by atoms with Crippen LogP contribution in [-0.4, -0.2) is 48.1 Å². The van der Waals surface area contributed by atoms with Gasteiger partial charge in [0.05, 0.1) is 0 Å². The molecule has 1 amide bonds. The van der Waals surface area contributed by atoms with Gasteiger partial charge in [-0.2, -0.15) is 0 Å². The summed E-state index contributed by atoms with van der Waals surface area (Å²) in [6.45, 7) is 6.24. The SMILES string of the molecule is CC(C)(C(=O)N(CC(=O)O)CC1CC1)C1CCCNC1. The number of carboxylic acid groups (broad SMARTS) is 1. The van der Waals surface area contributed by atoms with Crippen LogP contribution in [0.25, 0.3) is 0 Å². The van der Waals surface area contributed by atoms with Crippen LogP contribution in [0.4, 0.5) is 0 Å². The van der Waals surface area contributed by atoms with Gasteiger partial charge in [-0.05, 0) is 50.6 Å². The molecule has 0 bridgehead atoms. The molecule has 0 aromatic heterocycles. The molecule has 0 aromatic carbocycles. The van der Waals surface area contributed by atoms with Crippen molar-refractivity contribution in [3.05, 3.63) is 0 Å². The van der Waals surface area contributed by atoms with Gasteiger partial charge < -0.3 is 15.3 Å². The lowest BCUT2D eigenvalue weighted by Crippen LogP contribution is -2.50. The molecule has 114 valence electrons. The molecule has 5 nitrogen and oxygen atoms in total. The maximum atomic E-state index is 12.8. The summed E-state index contributed by atoms with van der Waals surface area (Å²) in [5.74, 6) is -0.116. The Hall–Kier alpha value is -1.10. The highest BCUT2D eigenvalue weighted by molar-refractivity contribution is 5.85. The van der Waals surface area contributed by atoms with Crippen molar-refractivity contribution >= 4 is 11.9 Å². The first kappa shape index (κ1) is 15.3. The van der Waals surface area contributed by atoms with Gasteiger partial charge in [-0.1, -0.05) is 13.8 Å². The molecular weight excluding hydrogens is 256 g/mol. The predicted molar refractivity (Wildman–Crippen MR) is 76.3 cm³/mol. The van der Waals surface area contributed by atoms with Gasteiger partial charge in [-0.15, -0.1) is 0 Å². The summed E-state index contributed by atoms with van der Waals surface area (Å²) in [4.78, 5) is 25.4. The molecule has 0 radical (unpaired) electrons. The van der Waals surface area contributed by atoms with Crippen LogP contribution < -0.4 is 5.32 Å². The Morgan fingerprint density at radius 3 is 2.50 bits per heavy atom. The van der Waals surface area contributed by atoms with Crippen LogP contribution in [0.5, 0.6) is 0 Å². The quantitative estimate of drug-likeness (QED) is 0.771. The highest BCUT2D eigenvalue weighted by atomic mass is 16.4. The number of aliphatic carboxylic acids is 1. The number of nitrogens with zero attached hydrogens (tertiary/aromatic N) is 1. The maximum absolute atomic E-state index is 12.8. The zero-order valence-electron chi connectivity index (χ0n) is 12.5. The number of carbonyl (C=O) groups is 2. The lowest BCUT2D eigenvalue weighted by molar-refractivity contribution is -0.151. The highest BCUT2D eigenvalue weighted by Gasteiger charge is 2.41.